The third-order valence-corrected chi connectivity index (χ3v) is 18.6. The minimum atomic E-state index is -0.439. The molecule has 0 fully saturated rings. The predicted molar refractivity (Wildman–Crippen MR) is 343 cm³/mol. The molecule has 0 spiro atoms. The van der Waals surface area contributed by atoms with E-state index in [4.69, 9.17) is 0 Å². The molecule has 7 heteroatoms. The van der Waals surface area contributed by atoms with Gasteiger partial charge in [-0.15, -0.1) is 0 Å². The van der Waals surface area contributed by atoms with Crippen LogP contribution >= 0.6 is 0 Å². The highest BCUT2D eigenvalue weighted by molar-refractivity contribution is 5.57. The molecule has 7 nitrogen and oxygen atoms in total. The van der Waals surface area contributed by atoms with Gasteiger partial charge in [-0.05, 0) is 256 Å². The maximum Gasteiger partial charge on any atom is 0.121 e. The van der Waals surface area contributed by atoms with Crippen LogP contribution in [0.3, 0.4) is 0 Å². The quantitative estimate of drug-likeness (QED) is 0.0575. The van der Waals surface area contributed by atoms with E-state index < -0.39 is 5.41 Å². The van der Waals surface area contributed by atoms with Crippen molar-refractivity contribution in [3.63, 3.8) is 0 Å². The number of hydrogen-bond acceptors (Lipinski definition) is 7. The van der Waals surface area contributed by atoms with Crippen LogP contribution in [0.2, 0.25) is 0 Å². The van der Waals surface area contributed by atoms with Crippen LogP contribution in [0.1, 0.15) is 188 Å². The fourth-order valence-electron chi connectivity index (χ4n) is 12.6. The number of hydrogen-bond donors (Lipinski definition) is 7. The van der Waals surface area contributed by atoms with Gasteiger partial charge >= 0.3 is 0 Å². The smallest absolute Gasteiger partial charge is 0.121 e. The van der Waals surface area contributed by atoms with Crippen molar-refractivity contribution in [3.8, 4) is 40.2 Å². The first-order chi connectivity index (χ1) is 38.5. The molecule has 0 saturated carbocycles. The summed E-state index contributed by atoms with van der Waals surface area (Å²) in [4.78, 5) is 0. The molecule has 8 aromatic rings. The normalized spacial score (nSPS) is 12.1. The van der Waals surface area contributed by atoms with Crippen molar-refractivity contribution < 1.29 is 35.7 Å². The second kappa shape index (κ2) is 23.5. The molecule has 8 aromatic carbocycles. The molecule has 0 bridgehead atoms. The molecule has 0 unspecified atom stereocenters. The average Bonchev–Trinajstić information content (AvgIpc) is 3.32. The van der Waals surface area contributed by atoms with E-state index in [9.17, 15) is 35.7 Å². The van der Waals surface area contributed by atoms with Crippen molar-refractivity contribution >= 4 is 0 Å². The van der Waals surface area contributed by atoms with Gasteiger partial charge < -0.3 is 35.7 Å². The van der Waals surface area contributed by atoms with Gasteiger partial charge in [-0.25, -0.2) is 0 Å². The molecule has 0 aromatic heterocycles. The minimum absolute atomic E-state index is 0.315. The molecule has 0 amide bonds. The van der Waals surface area contributed by atoms with E-state index in [0.717, 1.165) is 143 Å². The molecule has 438 valence electrons. The second-order valence-electron chi connectivity index (χ2n) is 26.2. The van der Waals surface area contributed by atoms with Gasteiger partial charge in [0.1, 0.15) is 40.2 Å². The van der Waals surface area contributed by atoms with Crippen LogP contribution in [0.15, 0.2) is 103 Å². The largest absolute Gasteiger partial charge is 0.507 e. The highest BCUT2D eigenvalue weighted by Gasteiger charge is 2.37. The SMILES string of the molecule is Cc1cc(C(C)(C)c2cc(C(C)(C)c3cc(C)c(O)c(C)c3)cc(C(C)(C)c3cc(C)c(O)c(C)c3)c2)cc(C)c1O.Cc1cc(CCC(CCc2cc(C)c(O)c(C)c2)(c2cc(C)c(O)c(C)c2)c2cc(C)c(O)c(C)c2)cc(C)c1O. The van der Waals surface area contributed by atoms with E-state index >= 15 is 0 Å². The minimum Gasteiger partial charge on any atom is -0.507 e. The Morgan fingerprint density at radius 3 is 0.542 bits per heavy atom. The first-order valence-electron chi connectivity index (χ1n) is 29.3. The van der Waals surface area contributed by atoms with Crippen LogP contribution in [0.4, 0.5) is 0 Å². The van der Waals surface area contributed by atoms with Crippen molar-refractivity contribution in [2.75, 3.05) is 0 Å². The van der Waals surface area contributed by atoms with Crippen LogP contribution in [0.5, 0.6) is 40.2 Å². The molecule has 83 heavy (non-hydrogen) atoms. The molecule has 0 aliphatic carbocycles. The van der Waals surface area contributed by atoms with E-state index in [1.54, 1.807) is 0 Å². The standard InChI is InChI=1S/C39H48O3.C37H44O4/c1-22-13-28(14-23(2)34(22)40)37(7,8)31-19-32(38(9,10)29-15-24(3)35(41)25(4)16-29)21-33(20-31)39(11,12)30-17-26(5)36(42)27(6)18-30;1-21-13-29(14-22(2)33(21)38)9-11-37(31-17-25(5)35(40)26(6)18-31,32-19-27(7)36(41)28(8)20-32)12-10-30-15-23(3)34(39)24(4)16-30/h13-21,40-42H,1-12H3;13-20,38-41H,9-12H2,1-8H3. The lowest BCUT2D eigenvalue weighted by Crippen LogP contribution is -2.30. The fourth-order valence-corrected chi connectivity index (χ4v) is 12.6. The first-order valence-corrected chi connectivity index (χ1v) is 29.3. The van der Waals surface area contributed by atoms with Crippen molar-refractivity contribution in [2.45, 2.75) is 186 Å². The zero-order valence-corrected chi connectivity index (χ0v) is 53.3. The van der Waals surface area contributed by atoms with Crippen LogP contribution < -0.4 is 0 Å². The Kier molecular flexibility index (Phi) is 17.9. The average molecular weight is 1120 g/mol. The van der Waals surface area contributed by atoms with Gasteiger partial charge in [0, 0.05) is 21.7 Å². The van der Waals surface area contributed by atoms with Crippen LogP contribution in [0, 0.1) is 96.9 Å². The Balaban J connectivity index is 0.000000239. The lowest BCUT2D eigenvalue weighted by atomic mass is 9.66. The van der Waals surface area contributed by atoms with Gasteiger partial charge in [-0.3, -0.25) is 0 Å². The number of phenolic OH excluding ortho intramolecular Hbond substituents is 7. The number of rotatable bonds is 14. The van der Waals surface area contributed by atoms with Gasteiger partial charge in [0.05, 0.1) is 0 Å². The molecule has 0 heterocycles. The summed E-state index contributed by atoms with van der Waals surface area (Å²) in [7, 11) is 0. The van der Waals surface area contributed by atoms with Crippen LogP contribution in [-0.4, -0.2) is 35.7 Å². The van der Waals surface area contributed by atoms with Crippen LogP contribution in [-0.2, 0) is 34.5 Å². The third kappa shape index (κ3) is 12.5. The molecular weight excluding hydrogens is 1020 g/mol. The van der Waals surface area contributed by atoms with Gasteiger partial charge in [0.15, 0.2) is 0 Å². The van der Waals surface area contributed by atoms with E-state index in [0.29, 0.717) is 40.2 Å². The molecule has 0 aliphatic rings. The first kappa shape index (κ1) is 63.0. The lowest BCUT2D eigenvalue weighted by molar-refractivity contribution is 0.427. The Hall–Kier alpha value is -7.64. The Morgan fingerprint density at radius 2 is 0.361 bits per heavy atom. The topological polar surface area (TPSA) is 142 Å². The van der Waals surface area contributed by atoms with E-state index in [1.807, 2.05) is 96.9 Å². The maximum atomic E-state index is 10.7. The molecule has 0 atom stereocenters. The molecule has 0 saturated heterocycles. The summed E-state index contributed by atoms with van der Waals surface area (Å²) < 4.78 is 0. The van der Waals surface area contributed by atoms with Crippen molar-refractivity contribution in [3.05, 3.63) is 237 Å². The number of aromatic hydroxyl groups is 7. The van der Waals surface area contributed by atoms with Gasteiger partial charge in [0.25, 0.3) is 0 Å². The van der Waals surface area contributed by atoms with Crippen LogP contribution in [0.25, 0.3) is 0 Å². The number of benzene rings is 8. The van der Waals surface area contributed by atoms with Gasteiger partial charge in [0.2, 0.25) is 0 Å². The summed E-state index contributed by atoms with van der Waals surface area (Å²) in [5.74, 6) is 2.36. The molecule has 0 radical (unpaired) electrons. The Labute approximate surface area is 496 Å². The predicted octanol–water partition coefficient (Wildman–Crippen LogP) is 18.2. The monoisotopic (exact) mass is 1120 g/mol. The lowest BCUT2D eigenvalue weighted by Gasteiger charge is -2.37. The highest BCUT2D eigenvalue weighted by Crippen LogP contribution is 2.47. The molecular formula is C76H92O7. The Morgan fingerprint density at radius 1 is 0.217 bits per heavy atom. The van der Waals surface area contributed by atoms with E-state index in [-0.39, 0.29) is 16.2 Å². The van der Waals surface area contributed by atoms with E-state index in [2.05, 4.69) is 145 Å². The summed E-state index contributed by atoms with van der Waals surface area (Å²) >= 11 is 0. The summed E-state index contributed by atoms with van der Waals surface area (Å²) in [6.07, 6.45) is 3.15. The van der Waals surface area contributed by atoms with Gasteiger partial charge in [-0.1, -0.05) is 145 Å². The Bertz CT molecular complexity index is 3300. The van der Waals surface area contributed by atoms with Crippen molar-refractivity contribution in [1.82, 2.24) is 0 Å². The fraction of sp³-hybridized carbons (Fsp3) is 0.368. The zero-order valence-electron chi connectivity index (χ0n) is 53.3. The summed E-state index contributed by atoms with van der Waals surface area (Å²) in [5.41, 5.74) is 22.2. The summed E-state index contributed by atoms with van der Waals surface area (Å²) in [6, 6.07) is 36.3. The molecule has 7 N–H and O–H groups in total. The second-order valence-corrected chi connectivity index (χ2v) is 26.2. The maximum absolute atomic E-state index is 10.7. The zero-order chi connectivity index (χ0) is 61.7. The summed E-state index contributed by atoms with van der Waals surface area (Å²) in [6.45, 7) is 40.8. The highest BCUT2D eigenvalue weighted by atomic mass is 16.3. The number of aryl methyl sites for hydroxylation is 16. The van der Waals surface area contributed by atoms with E-state index in [1.165, 1.54) is 16.7 Å². The third-order valence-electron chi connectivity index (χ3n) is 18.6. The molecule has 0 aliphatic heterocycles. The van der Waals surface area contributed by atoms with Gasteiger partial charge in [-0.2, -0.15) is 0 Å². The molecule has 8 rings (SSSR count). The van der Waals surface area contributed by atoms with Crippen molar-refractivity contribution in [2.24, 2.45) is 0 Å². The number of phenols is 7. The summed E-state index contributed by atoms with van der Waals surface area (Å²) in [5, 5.41) is 73.7. The van der Waals surface area contributed by atoms with Crippen molar-refractivity contribution in [1.29, 1.82) is 0 Å².